The fourth-order valence-corrected chi connectivity index (χ4v) is 2.48. The summed E-state index contributed by atoms with van der Waals surface area (Å²) in [5.74, 6) is -0.549. The van der Waals surface area contributed by atoms with Gasteiger partial charge in [-0.1, -0.05) is 24.3 Å². The van der Waals surface area contributed by atoms with Crippen LogP contribution in [-0.4, -0.2) is 17.9 Å². The van der Waals surface area contributed by atoms with Crippen molar-refractivity contribution in [1.29, 1.82) is 0 Å². The van der Waals surface area contributed by atoms with Crippen molar-refractivity contribution in [2.45, 2.75) is 32.4 Å². The summed E-state index contributed by atoms with van der Waals surface area (Å²) in [7, 11) is 0. The minimum absolute atomic E-state index is 0.0598. The van der Waals surface area contributed by atoms with E-state index < -0.39 is 0 Å². The molecule has 0 unspecified atom stereocenters. The van der Waals surface area contributed by atoms with Crippen LogP contribution in [0.15, 0.2) is 48.5 Å². The molecule has 26 heavy (non-hydrogen) atoms. The number of amides is 2. The maximum absolute atomic E-state index is 13.2. The molecule has 0 aromatic heterocycles. The minimum Gasteiger partial charge on any atom is -0.349 e. The average molecular weight is 352 g/mol. The normalized spacial score (nSPS) is 13.6. The fourth-order valence-electron chi connectivity index (χ4n) is 2.48. The lowest BCUT2D eigenvalue weighted by atomic mass is 10.1. The molecule has 2 amide bonds. The van der Waals surface area contributed by atoms with Crippen molar-refractivity contribution >= 4 is 17.9 Å². The third-order valence-electron chi connectivity index (χ3n) is 4.20. The first-order chi connectivity index (χ1) is 12.5. The smallest absolute Gasteiger partial charge is 0.251 e. The van der Waals surface area contributed by atoms with Crippen LogP contribution in [0.4, 0.5) is 4.39 Å². The molecule has 0 radical (unpaired) electrons. The zero-order valence-electron chi connectivity index (χ0n) is 14.6. The Kier molecular flexibility index (Phi) is 5.46. The molecule has 0 bridgehead atoms. The van der Waals surface area contributed by atoms with Gasteiger partial charge in [0.05, 0.1) is 0 Å². The number of halogens is 1. The summed E-state index contributed by atoms with van der Waals surface area (Å²) in [4.78, 5) is 23.8. The molecule has 4 nitrogen and oxygen atoms in total. The van der Waals surface area contributed by atoms with Crippen LogP contribution < -0.4 is 10.6 Å². The van der Waals surface area contributed by atoms with Crippen molar-refractivity contribution in [3.8, 4) is 0 Å². The first kappa shape index (κ1) is 17.9. The maximum atomic E-state index is 13.2. The van der Waals surface area contributed by atoms with E-state index in [2.05, 4.69) is 10.6 Å². The van der Waals surface area contributed by atoms with Gasteiger partial charge in [-0.2, -0.15) is 0 Å². The number of rotatable bonds is 6. The van der Waals surface area contributed by atoms with E-state index >= 15 is 0 Å². The topological polar surface area (TPSA) is 58.2 Å². The molecule has 5 heteroatoms. The van der Waals surface area contributed by atoms with Crippen LogP contribution in [0.5, 0.6) is 0 Å². The van der Waals surface area contributed by atoms with E-state index in [1.165, 1.54) is 12.1 Å². The van der Waals surface area contributed by atoms with E-state index in [-0.39, 0.29) is 17.6 Å². The molecule has 2 aromatic carbocycles. The molecule has 2 aromatic rings. The quantitative estimate of drug-likeness (QED) is 0.783. The van der Waals surface area contributed by atoms with Crippen molar-refractivity contribution in [3.63, 3.8) is 0 Å². The van der Waals surface area contributed by atoms with Crippen molar-refractivity contribution in [2.24, 2.45) is 0 Å². The Morgan fingerprint density at radius 1 is 1.15 bits per heavy atom. The predicted molar refractivity (Wildman–Crippen MR) is 98.9 cm³/mol. The molecule has 134 valence electrons. The molecule has 0 saturated heterocycles. The van der Waals surface area contributed by atoms with Gasteiger partial charge in [0.25, 0.3) is 5.91 Å². The lowest BCUT2D eigenvalue weighted by molar-refractivity contribution is -0.116. The summed E-state index contributed by atoms with van der Waals surface area (Å²) in [5.41, 5.74) is 2.85. The van der Waals surface area contributed by atoms with Crippen molar-refractivity contribution < 1.29 is 14.0 Å². The van der Waals surface area contributed by atoms with E-state index in [1.54, 1.807) is 49.4 Å². The number of aryl methyl sites for hydroxylation is 1. The molecule has 3 rings (SSSR count). The molecule has 0 spiro atoms. The number of benzene rings is 2. The molecular formula is C21H21FN2O2. The van der Waals surface area contributed by atoms with Crippen LogP contribution in [0.3, 0.4) is 0 Å². The highest BCUT2D eigenvalue weighted by Crippen LogP contribution is 2.19. The highest BCUT2D eigenvalue weighted by atomic mass is 19.1. The monoisotopic (exact) mass is 352 g/mol. The van der Waals surface area contributed by atoms with Crippen LogP contribution in [-0.2, 0) is 11.3 Å². The van der Waals surface area contributed by atoms with Crippen LogP contribution >= 0.6 is 0 Å². The molecule has 1 aliphatic carbocycles. The first-order valence-corrected chi connectivity index (χ1v) is 8.63. The van der Waals surface area contributed by atoms with Gasteiger partial charge in [0.2, 0.25) is 5.91 Å². The lowest BCUT2D eigenvalue weighted by Crippen LogP contribution is -2.25. The Hall–Kier alpha value is -2.95. The summed E-state index contributed by atoms with van der Waals surface area (Å²) >= 11 is 0. The summed E-state index contributed by atoms with van der Waals surface area (Å²) in [6, 6.07) is 12.2. The van der Waals surface area contributed by atoms with Gasteiger partial charge in [0, 0.05) is 24.2 Å². The standard InChI is InChI=1S/C21H21FN2O2/c1-14-12-16(4-10-19(14)22)13-23-20(25)11-5-15-2-6-17(7-3-15)21(26)24-18-8-9-18/h2-7,10-12,18H,8-9,13H2,1H3,(H,23,25)(H,24,26)/b11-5+. The van der Waals surface area contributed by atoms with E-state index in [0.29, 0.717) is 23.7 Å². The summed E-state index contributed by atoms with van der Waals surface area (Å²) in [6.07, 6.45) is 5.24. The number of carbonyl (C=O) groups excluding carboxylic acids is 2. The van der Waals surface area contributed by atoms with E-state index in [4.69, 9.17) is 0 Å². The van der Waals surface area contributed by atoms with Crippen LogP contribution in [0.2, 0.25) is 0 Å². The Bertz CT molecular complexity index is 840. The molecule has 1 saturated carbocycles. The zero-order chi connectivity index (χ0) is 18.5. The lowest BCUT2D eigenvalue weighted by Gasteiger charge is -2.05. The van der Waals surface area contributed by atoms with Crippen molar-refractivity contribution in [3.05, 3.63) is 76.6 Å². The SMILES string of the molecule is Cc1cc(CNC(=O)/C=C/c2ccc(C(=O)NC3CC3)cc2)ccc1F. The van der Waals surface area contributed by atoms with Crippen molar-refractivity contribution in [1.82, 2.24) is 10.6 Å². The third-order valence-corrected chi connectivity index (χ3v) is 4.20. The van der Waals surface area contributed by atoms with Gasteiger partial charge in [0.1, 0.15) is 5.82 Å². The second-order valence-electron chi connectivity index (χ2n) is 6.50. The highest BCUT2D eigenvalue weighted by Gasteiger charge is 2.23. The molecule has 0 atom stereocenters. The van der Waals surface area contributed by atoms with Gasteiger partial charge in [-0.25, -0.2) is 4.39 Å². The summed E-state index contributed by atoms with van der Waals surface area (Å²) in [6.45, 7) is 2.03. The second-order valence-corrected chi connectivity index (χ2v) is 6.50. The number of hydrogen-bond acceptors (Lipinski definition) is 2. The minimum atomic E-state index is -0.255. The van der Waals surface area contributed by atoms with Gasteiger partial charge < -0.3 is 10.6 Å². The largest absolute Gasteiger partial charge is 0.349 e. The zero-order valence-corrected chi connectivity index (χ0v) is 14.6. The van der Waals surface area contributed by atoms with Gasteiger partial charge in [0.15, 0.2) is 0 Å². The van der Waals surface area contributed by atoms with E-state index in [0.717, 1.165) is 24.0 Å². The maximum Gasteiger partial charge on any atom is 0.251 e. The van der Waals surface area contributed by atoms with Crippen LogP contribution in [0, 0.1) is 12.7 Å². The highest BCUT2D eigenvalue weighted by molar-refractivity contribution is 5.95. The first-order valence-electron chi connectivity index (χ1n) is 8.63. The predicted octanol–water partition coefficient (Wildman–Crippen LogP) is 3.36. The van der Waals surface area contributed by atoms with Gasteiger partial charge in [-0.15, -0.1) is 0 Å². The van der Waals surface area contributed by atoms with Gasteiger partial charge >= 0.3 is 0 Å². The Balaban J connectivity index is 1.50. The van der Waals surface area contributed by atoms with Crippen molar-refractivity contribution in [2.75, 3.05) is 0 Å². The Labute approximate surface area is 152 Å². The van der Waals surface area contributed by atoms with E-state index in [1.807, 2.05) is 0 Å². The molecule has 2 N–H and O–H groups in total. The summed E-state index contributed by atoms with van der Waals surface area (Å²) < 4.78 is 13.2. The fraction of sp³-hybridized carbons (Fsp3) is 0.238. The van der Waals surface area contributed by atoms with Crippen LogP contribution in [0.25, 0.3) is 6.08 Å². The molecular weight excluding hydrogens is 331 g/mol. The Morgan fingerprint density at radius 3 is 2.54 bits per heavy atom. The van der Waals surface area contributed by atoms with Gasteiger partial charge in [-0.05, 0) is 60.7 Å². The molecule has 1 fully saturated rings. The molecule has 0 heterocycles. The molecule has 0 aliphatic heterocycles. The average Bonchev–Trinajstić information content (AvgIpc) is 3.45. The number of carbonyl (C=O) groups is 2. The van der Waals surface area contributed by atoms with E-state index in [9.17, 15) is 14.0 Å². The Morgan fingerprint density at radius 2 is 1.88 bits per heavy atom. The number of hydrogen-bond donors (Lipinski definition) is 2. The number of nitrogens with one attached hydrogen (secondary N) is 2. The summed E-state index contributed by atoms with van der Waals surface area (Å²) in [5, 5.41) is 5.70. The second kappa shape index (κ2) is 7.95. The molecule has 1 aliphatic rings. The van der Waals surface area contributed by atoms with Crippen LogP contribution in [0.1, 0.15) is 39.9 Å². The van der Waals surface area contributed by atoms with Gasteiger partial charge in [-0.3, -0.25) is 9.59 Å². The third kappa shape index (κ3) is 5.02.